The lowest BCUT2D eigenvalue weighted by molar-refractivity contribution is 0.300. The number of hydrogen-bond donors (Lipinski definition) is 0. The summed E-state index contributed by atoms with van der Waals surface area (Å²) in [6.45, 7) is 6.37. The van der Waals surface area contributed by atoms with Gasteiger partial charge < -0.3 is 4.90 Å². The van der Waals surface area contributed by atoms with Crippen LogP contribution in [-0.2, 0) is 0 Å². The van der Waals surface area contributed by atoms with Crippen molar-refractivity contribution in [3.05, 3.63) is 6.33 Å². The van der Waals surface area contributed by atoms with Crippen molar-refractivity contribution in [1.82, 2.24) is 9.36 Å². The molecule has 1 aromatic rings. The maximum Gasteiger partial charge on any atom is 0.204 e. The van der Waals surface area contributed by atoms with Gasteiger partial charge in [0.15, 0.2) is 0 Å². The summed E-state index contributed by atoms with van der Waals surface area (Å²) in [6, 6.07) is 0. The zero-order valence-corrected chi connectivity index (χ0v) is 9.98. The summed E-state index contributed by atoms with van der Waals surface area (Å²) in [4.78, 5) is 6.50. The van der Waals surface area contributed by atoms with Gasteiger partial charge in [0.2, 0.25) is 5.13 Å². The van der Waals surface area contributed by atoms with Gasteiger partial charge in [0.1, 0.15) is 6.33 Å². The topological polar surface area (TPSA) is 29.0 Å². The first kappa shape index (κ1) is 10.2. The van der Waals surface area contributed by atoms with E-state index in [2.05, 4.69) is 28.1 Å². The van der Waals surface area contributed by atoms with Crippen LogP contribution >= 0.6 is 23.1 Å². The number of nitrogens with zero attached hydrogens (tertiary/aromatic N) is 3. The fraction of sp³-hybridized carbons (Fsp3) is 0.778. The van der Waals surface area contributed by atoms with Crippen molar-refractivity contribution >= 4 is 28.3 Å². The molecule has 0 saturated carbocycles. The van der Waals surface area contributed by atoms with Crippen LogP contribution in [-0.4, -0.2) is 27.8 Å². The Morgan fingerprint density at radius 1 is 1.64 bits per heavy atom. The molecule has 0 amide bonds. The second-order valence-corrected chi connectivity index (χ2v) is 5.68. The summed E-state index contributed by atoms with van der Waals surface area (Å²) in [5.74, 6) is 0. The Morgan fingerprint density at radius 2 is 2.43 bits per heavy atom. The molecule has 1 aliphatic rings. The van der Waals surface area contributed by atoms with E-state index in [0.717, 1.165) is 24.6 Å². The summed E-state index contributed by atoms with van der Waals surface area (Å²) in [7, 11) is 0. The predicted octanol–water partition coefficient (Wildman–Crippen LogP) is 2.38. The van der Waals surface area contributed by atoms with Crippen LogP contribution < -0.4 is 4.90 Å². The Morgan fingerprint density at radius 3 is 3.00 bits per heavy atom. The molecule has 78 valence electrons. The molecular weight excluding hydrogens is 218 g/mol. The van der Waals surface area contributed by atoms with Crippen LogP contribution in [0, 0.1) is 5.41 Å². The number of hydrogen-bond acceptors (Lipinski definition) is 4. The van der Waals surface area contributed by atoms with Gasteiger partial charge in [0.05, 0.1) is 0 Å². The van der Waals surface area contributed by atoms with E-state index in [1.807, 2.05) is 0 Å². The molecule has 0 N–H and O–H groups in total. The smallest absolute Gasteiger partial charge is 0.204 e. The minimum absolute atomic E-state index is 0.158. The van der Waals surface area contributed by atoms with Crippen molar-refractivity contribution in [2.75, 3.05) is 18.0 Å². The number of rotatable bonds is 1. The lowest BCUT2D eigenvalue weighted by Gasteiger charge is -2.41. The van der Waals surface area contributed by atoms with Crippen molar-refractivity contribution in [3.63, 3.8) is 0 Å². The average molecular weight is 232 g/mol. The summed E-state index contributed by atoms with van der Waals surface area (Å²) in [6.07, 6.45) is 2.63. The Hall–Kier alpha value is -0.350. The summed E-state index contributed by atoms with van der Waals surface area (Å²) in [5.41, 5.74) is 0.158. The number of alkyl halides is 1. The molecule has 1 saturated heterocycles. The predicted molar refractivity (Wildman–Crippen MR) is 60.2 cm³/mol. The van der Waals surface area contributed by atoms with Gasteiger partial charge in [0.25, 0.3) is 0 Å². The van der Waals surface area contributed by atoms with Crippen LogP contribution in [0.4, 0.5) is 5.13 Å². The standard InChI is InChI=1S/C9H14ClN3S/c1-9(2)5-13(4-3-7(9)10)8-11-6-12-14-8/h6-7H,3-5H2,1-2H3. The van der Waals surface area contributed by atoms with E-state index in [9.17, 15) is 0 Å². The minimum Gasteiger partial charge on any atom is -0.346 e. The van der Waals surface area contributed by atoms with Gasteiger partial charge in [-0.25, -0.2) is 4.98 Å². The molecule has 0 radical (unpaired) electrons. The van der Waals surface area contributed by atoms with Gasteiger partial charge in [-0.1, -0.05) is 13.8 Å². The molecule has 1 aliphatic heterocycles. The quantitative estimate of drug-likeness (QED) is 0.695. The Bertz CT molecular complexity index is 299. The van der Waals surface area contributed by atoms with Crippen molar-refractivity contribution in [2.24, 2.45) is 5.41 Å². The fourth-order valence-electron chi connectivity index (χ4n) is 1.80. The Kier molecular flexibility index (Phi) is 2.66. The molecule has 1 unspecified atom stereocenters. The highest BCUT2D eigenvalue weighted by Gasteiger charge is 2.35. The lowest BCUT2D eigenvalue weighted by atomic mass is 9.84. The van der Waals surface area contributed by atoms with E-state index >= 15 is 0 Å². The number of aromatic nitrogens is 2. The van der Waals surface area contributed by atoms with E-state index in [1.165, 1.54) is 11.5 Å². The van der Waals surface area contributed by atoms with E-state index in [1.54, 1.807) is 6.33 Å². The second-order valence-electron chi connectivity index (χ2n) is 4.39. The zero-order valence-electron chi connectivity index (χ0n) is 8.40. The van der Waals surface area contributed by atoms with Gasteiger partial charge in [-0.15, -0.1) is 11.6 Å². The first-order valence-corrected chi connectivity index (χ1v) is 5.96. The van der Waals surface area contributed by atoms with Crippen LogP contribution in [0.15, 0.2) is 6.33 Å². The Balaban J connectivity index is 2.11. The lowest BCUT2D eigenvalue weighted by Crippen LogP contribution is -2.46. The van der Waals surface area contributed by atoms with Gasteiger partial charge in [-0.2, -0.15) is 4.37 Å². The molecule has 0 aromatic carbocycles. The van der Waals surface area contributed by atoms with E-state index in [0.29, 0.717) is 0 Å². The maximum atomic E-state index is 6.28. The van der Waals surface area contributed by atoms with E-state index in [-0.39, 0.29) is 10.8 Å². The molecule has 3 nitrogen and oxygen atoms in total. The van der Waals surface area contributed by atoms with Crippen molar-refractivity contribution in [1.29, 1.82) is 0 Å². The zero-order chi connectivity index (χ0) is 10.2. The number of piperidine rings is 1. The summed E-state index contributed by atoms with van der Waals surface area (Å²) < 4.78 is 4.02. The summed E-state index contributed by atoms with van der Waals surface area (Å²) >= 11 is 7.73. The van der Waals surface area contributed by atoms with Crippen LogP contribution in [0.3, 0.4) is 0 Å². The molecule has 14 heavy (non-hydrogen) atoms. The molecule has 0 bridgehead atoms. The highest BCUT2D eigenvalue weighted by molar-refractivity contribution is 7.09. The first-order valence-electron chi connectivity index (χ1n) is 4.75. The monoisotopic (exact) mass is 231 g/mol. The van der Waals surface area contributed by atoms with E-state index < -0.39 is 0 Å². The third kappa shape index (κ3) is 1.86. The van der Waals surface area contributed by atoms with Gasteiger partial charge in [-0.3, -0.25) is 0 Å². The third-order valence-electron chi connectivity index (χ3n) is 2.72. The van der Waals surface area contributed by atoms with Gasteiger partial charge in [-0.05, 0) is 11.8 Å². The molecule has 2 heterocycles. The highest BCUT2D eigenvalue weighted by Crippen LogP contribution is 2.35. The average Bonchev–Trinajstić information content (AvgIpc) is 2.62. The second kappa shape index (κ2) is 3.66. The SMILES string of the molecule is CC1(C)CN(c2ncns2)CCC1Cl. The maximum absolute atomic E-state index is 6.28. The van der Waals surface area contributed by atoms with Crippen molar-refractivity contribution in [3.8, 4) is 0 Å². The van der Waals surface area contributed by atoms with Gasteiger partial charge in [0, 0.05) is 30.0 Å². The minimum atomic E-state index is 0.158. The van der Waals surface area contributed by atoms with E-state index in [4.69, 9.17) is 11.6 Å². The largest absolute Gasteiger partial charge is 0.346 e. The Labute approximate surface area is 93.3 Å². The molecule has 1 fully saturated rings. The number of halogens is 1. The van der Waals surface area contributed by atoms with Crippen molar-refractivity contribution < 1.29 is 0 Å². The third-order valence-corrected chi connectivity index (χ3v) is 4.25. The molecule has 0 spiro atoms. The highest BCUT2D eigenvalue weighted by atomic mass is 35.5. The molecule has 1 aromatic heterocycles. The van der Waals surface area contributed by atoms with Crippen LogP contribution in [0.25, 0.3) is 0 Å². The normalized spacial score (nSPS) is 26.5. The van der Waals surface area contributed by atoms with Crippen LogP contribution in [0.1, 0.15) is 20.3 Å². The number of anilines is 1. The summed E-state index contributed by atoms with van der Waals surface area (Å²) in [5, 5.41) is 1.29. The van der Waals surface area contributed by atoms with Crippen molar-refractivity contribution in [2.45, 2.75) is 25.6 Å². The molecular formula is C9H14ClN3S. The first-order chi connectivity index (χ1) is 6.59. The molecule has 1 atom stereocenters. The molecule has 0 aliphatic carbocycles. The molecule has 2 rings (SSSR count). The fourth-order valence-corrected chi connectivity index (χ4v) is 2.52. The van der Waals surface area contributed by atoms with Gasteiger partial charge >= 0.3 is 0 Å². The van der Waals surface area contributed by atoms with Crippen LogP contribution in [0.5, 0.6) is 0 Å². The molecule has 5 heteroatoms. The van der Waals surface area contributed by atoms with Crippen LogP contribution in [0.2, 0.25) is 0 Å².